The van der Waals surface area contributed by atoms with E-state index in [9.17, 15) is 19.5 Å². The summed E-state index contributed by atoms with van der Waals surface area (Å²) in [6.07, 6.45) is 19.6. The zero-order chi connectivity index (χ0) is 23.3. The minimum Gasteiger partial charge on any atom is -0.539 e. The van der Waals surface area contributed by atoms with Crippen LogP contribution in [0.3, 0.4) is 0 Å². The first kappa shape index (κ1) is 35.3. The van der Waals surface area contributed by atoms with E-state index in [1.54, 1.807) is 0 Å². The van der Waals surface area contributed by atoms with E-state index in [0.717, 1.165) is 19.3 Å². The van der Waals surface area contributed by atoms with Crippen LogP contribution in [0.1, 0.15) is 124 Å². The number of Topliss-reactive ketones (excluding diaryl/α,β-unsaturated/α-hetero) is 1. The maximum Gasteiger partial charge on any atom is 1.00 e. The molecule has 31 heavy (non-hydrogen) atoms. The maximum atomic E-state index is 11.5. The molecule has 0 aromatic rings. The maximum absolute atomic E-state index is 11.5. The van der Waals surface area contributed by atoms with Crippen molar-refractivity contribution in [2.45, 2.75) is 135 Å². The van der Waals surface area contributed by atoms with Crippen molar-refractivity contribution in [3.05, 3.63) is 0 Å². The van der Waals surface area contributed by atoms with Crippen molar-refractivity contribution in [2.75, 3.05) is 0 Å². The Morgan fingerprint density at radius 1 is 0.806 bits per heavy atom. The molecule has 0 spiro atoms. The fraction of sp³-hybridized carbons (Fsp3) is 0.875. The molecule has 0 aromatic carbocycles. The van der Waals surface area contributed by atoms with E-state index < -0.39 is 23.5 Å². The van der Waals surface area contributed by atoms with Gasteiger partial charge >= 0.3 is 35.5 Å². The van der Waals surface area contributed by atoms with Gasteiger partial charge < -0.3 is 20.1 Å². The Morgan fingerprint density at radius 3 is 1.35 bits per heavy atom. The fourth-order valence-electron chi connectivity index (χ4n) is 2.96. The summed E-state index contributed by atoms with van der Waals surface area (Å²) in [4.78, 5) is 31.4. The fourth-order valence-corrected chi connectivity index (χ4v) is 2.96. The molecule has 0 fully saturated rings. The predicted molar refractivity (Wildman–Crippen MR) is 120 cm³/mol. The SMILES string of the molecule is CC(O)C(=O)O.CCCCCCCCCCCCCCCCCC(=O)C(C)(O)[C-]=O.[Na+]. The van der Waals surface area contributed by atoms with Crippen LogP contribution >= 0.6 is 0 Å². The number of aliphatic carboxylic acids is 1. The van der Waals surface area contributed by atoms with Gasteiger partial charge in [-0.2, -0.15) is 0 Å². The van der Waals surface area contributed by atoms with Gasteiger partial charge in [-0.1, -0.05) is 104 Å². The molecule has 0 saturated heterocycles. The molecule has 0 aromatic heterocycles. The minimum atomic E-state index is -1.91. The summed E-state index contributed by atoms with van der Waals surface area (Å²) in [7, 11) is 0. The van der Waals surface area contributed by atoms with Gasteiger partial charge in [0.15, 0.2) is 0 Å². The Balaban J connectivity index is -0.000000976. The zero-order valence-corrected chi connectivity index (χ0v) is 22.5. The van der Waals surface area contributed by atoms with Crippen LogP contribution in [-0.4, -0.2) is 45.1 Å². The number of hydrogen-bond acceptors (Lipinski definition) is 5. The molecule has 0 bridgehead atoms. The molecular weight excluding hydrogens is 407 g/mol. The van der Waals surface area contributed by atoms with Gasteiger partial charge in [-0.05, 0) is 13.3 Å². The second-order valence-corrected chi connectivity index (χ2v) is 8.31. The van der Waals surface area contributed by atoms with Crippen LogP contribution in [0.15, 0.2) is 0 Å². The van der Waals surface area contributed by atoms with E-state index in [1.165, 1.54) is 97.2 Å². The number of carboxylic acid groups (broad SMARTS) is 1. The van der Waals surface area contributed by atoms with Crippen molar-refractivity contribution < 1.29 is 59.3 Å². The van der Waals surface area contributed by atoms with E-state index >= 15 is 0 Å². The third-order valence-corrected chi connectivity index (χ3v) is 5.11. The molecule has 2 unspecified atom stereocenters. The Kier molecular flexibility index (Phi) is 27.8. The number of ketones is 1. The van der Waals surface area contributed by atoms with Crippen LogP contribution in [0, 0.1) is 0 Å². The molecule has 0 saturated carbocycles. The Morgan fingerprint density at radius 2 is 1.10 bits per heavy atom. The summed E-state index contributed by atoms with van der Waals surface area (Å²) in [5.41, 5.74) is -1.91. The average Bonchev–Trinajstić information content (AvgIpc) is 2.71. The van der Waals surface area contributed by atoms with E-state index in [4.69, 9.17) is 10.2 Å². The number of rotatable bonds is 19. The predicted octanol–water partition coefficient (Wildman–Crippen LogP) is 2.13. The van der Waals surface area contributed by atoms with Crippen LogP contribution in [0.2, 0.25) is 0 Å². The number of aliphatic hydroxyl groups is 2. The van der Waals surface area contributed by atoms with Gasteiger partial charge in [0.25, 0.3) is 0 Å². The third kappa shape index (κ3) is 25.9. The van der Waals surface area contributed by atoms with Crippen LogP contribution in [0.5, 0.6) is 0 Å². The molecule has 0 aliphatic heterocycles. The van der Waals surface area contributed by atoms with Gasteiger partial charge in [0.2, 0.25) is 0 Å². The monoisotopic (exact) mass is 452 g/mol. The first-order chi connectivity index (χ1) is 14.2. The number of hydrogen-bond donors (Lipinski definition) is 3. The molecule has 0 aliphatic rings. The Hall–Kier alpha value is -0.270. The quantitative estimate of drug-likeness (QED) is 0.120. The molecule has 0 aliphatic carbocycles. The molecule has 0 rings (SSSR count). The van der Waals surface area contributed by atoms with Gasteiger partial charge in [0, 0.05) is 12.0 Å². The normalized spacial score (nSPS) is 13.2. The summed E-state index contributed by atoms with van der Waals surface area (Å²) < 4.78 is 0. The van der Waals surface area contributed by atoms with Crippen molar-refractivity contribution in [3.8, 4) is 0 Å². The first-order valence-electron chi connectivity index (χ1n) is 11.7. The smallest absolute Gasteiger partial charge is 0.539 e. The van der Waals surface area contributed by atoms with Crippen LogP contribution in [0.25, 0.3) is 0 Å². The second kappa shape index (κ2) is 24.4. The number of aliphatic hydroxyl groups excluding tert-OH is 1. The Labute approximate surface area is 211 Å². The average molecular weight is 453 g/mol. The summed E-state index contributed by atoms with van der Waals surface area (Å²) in [5, 5.41) is 25.2. The van der Waals surface area contributed by atoms with Crippen molar-refractivity contribution in [1.29, 1.82) is 0 Å². The van der Waals surface area contributed by atoms with Crippen molar-refractivity contribution in [2.24, 2.45) is 0 Å². The molecule has 178 valence electrons. The second-order valence-electron chi connectivity index (χ2n) is 8.31. The van der Waals surface area contributed by atoms with E-state index in [1.807, 2.05) is 0 Å². The minimum absolute atomic E-state index is 0. The third-order valence-electron chi connectivity index (χ3n) is 5.11. The topological polar surface area (TPSA) is 112 Å². The van der Waals surface area contributed by atoms with Crippen LogP contribution in [0.4, 0.5) is 0 Å². The summed E-state index contributed by atoms with van der Waals surface area (Å²) >= 11 is 0. The number of carboxylic acids is 1. The van der Waals surface area contributed by atoms with E-state index in [0.29, 0.717) is 0 Å². The van der Waals surface area contributed by atoms with Crippen molar-refractivity contribution in [3.63, 3.8) is 0 Å². The van der Waals surface area contributed by atoms with Crippen molar-refractivity contribution in [1.82, 2.24) is 0 Å². The molecule has 2 atom stereocenters. The number of unbranched alkanes of at least 4 members (excludes halogenated alkanes) is 14. The Bertz CT molecular complexity index is 438. The summed E-state index contributed by atoms with van der Waals surface area (Å²) in [5.74, 6) is -1.60. The van der Waals surface area contributed by atoms with Gasteiger partial charge in [-0.3, -0.25) is 4.79 Å². The first-order valence-corrected chi connectivity index (χ1v) is 11.7. The number of carbonyl (C=O) groups excluding carboxylic acids is 2. The molecule has 6 nitrogen and oxygen atoms in total. The van der Waals surface area contributed by atoms with E-state index in [-0.39, 0.29) is 36.0 Å². The van der Waals surface area contributed by atoms with Gasteiger partial charge in [0.05, 0.1) is 0 Å². The molecule has 7 heteroatoms. The molecule has 0 radical (unpaired) electrons. The largest absolute Gasteiger partial charge is 1.00 e. The van der Waals surface area contributed by atoms with Gasteiger partial charge in [0.1, 0.15) is 11.9 Å². The van der Waals surface area contributed by atoms with Crippen molar-refractivity contribution >= 4 is 18.0 Å². The van der Waals surface area contributed by atoms with Crippen LogP contribution in [-0.2, 0) is 14.4 Å². The zero-order valence-electron chi connectivity index (χ0n) is 20.5. The van der Waals surface area contributed by atoms with E-state index in [2.05, 4.69) is 6.92 Å². The van der Waals surface area contributed by atoms with Crippen LogP contribution < -0.4 is 29.6 Å². The molecule has 0 amide bonds. The molecule has 3 N–H and O–H groups in total. The standard InChI is InChI=1S/C21H39O3.C3H6O3.Na/c1-3-4-5-6-7-8-9-10-11-12-13-14-15-16-17-18-20(23)21(2,24)19-22;1-2(4)3(5)6;/h24H,3-18H2,1-2H3;2,4H,1H3,(H,5,6);/q-1;;+1. The number of carbonyl (C=O) groups is 2. The molecular formula is C24H45NaO6. The molecule has 0 heterocycles. The van der Waals surface area contributed by atoms with Gasteiger partial charge in [-0.15, -0.1) is 0 Å². The summed E-state index contributed by atoms with van der Waals surface area (Å²) in [6, 6.07) is 0. The summed E-state index contributed by atoms with van der Waals surface area (Å²) in [6.45, 7) is 4.67. The van der Waals surface area contributed by atoms with Gasteiger partial charge in [-0.25, -0.2) is 11.1 Å².